The van der Waals surface area contributed by atoms with E-state index in [4.69, 9.17) is 4.74 Å². The summed E-state index contributed by atoms with van der Waals surface area (Å²) in [6.45, 7) is 0. The summed E-state index contributed by atoms with van der Waals surface area (Å²) in [7, 11) is 1.66. The highest BCUT2D eigenvalue weighted by Gasteiger charge is 2.13. The Hall–Kier alpha value is -1.94. The molecule has 1 aromatic heterocycles. The van der Waals surface area contributed by atoms with E-state index in [1.165, 1.54) is 4.88 Å². The lowest BCUT2D eigenvalue weighted by Gasteiger charge is -2.19. The number of nitrogens with one attached hydrogen (secondary N) is 2. The van der Waals surface area contributed by atoms with E-state index in [1.807, 2.05) is 24.3 Å². The minimum atomic E-state index is 0.833. The maximum absolute atomic E-state index is 5.18. The molecule has 17 heavy (non-hydrogen) atoms. The standard InChI is InChI=1S/C13H11N2OS/c1-16-9-4-5-10-11(7-9)14-8-12(15-10)13-3-2-6-17-13/h2-7,14-15H,1H3. The van der Waals surface area contributed by atoms with Crippen LogP contribution in [0, 0.1) is 6.20 Å². The van der Waals surface area contributed by atoms with Crippen molar-refractivity contribution in [3.8, 4) is 5.75 Å². The lowest BCUT2D eigenvalue weighted by Crippen LogP contribution is -2.09. The van der Waals surface area contributed by atoms with Gasteiger partial charge in [0.1, 0.15) is 5.75 Å². The Balaban J connectivity index is 1.92. The van der Waals surface area contributed by atoms with Crippen LogP contribution in [0.2, 0.25) is 0 Å². The van der Waals surface area contributed by atoms with Gasteiger partial charge in [0.2, 0.25) is 0 Å². The van der Waals surface area contributed by atoms with E-state index in [-0.39, 0.29) is 0 Å². The average Bonchev–Trinajstić information content (AvgIpc) is 2.91. The molecule has 1 aromatic carbocycles. The molecule has 4 heteroatoms. The first-order chi connectivity index (χ1) is 8.36. The Morgan fingerprint density at radius 2 is 2.18 bits per heavy atom. The van der Waals surface area contributed by atoms with E-state index in [9.17, 15) is 0 Å². The van der Waals surface area contributed by atoms with Gasteiger partial charge in [0.15, 0.2) is 0 Å². The molecule has 2 heterocycles. The van der Waals surface area contributed by atoms with E-state index >= 15 is 0 Å². The Labute approximate surface area is 104 Å². The molecular formula is C13H11N2OS. The molecule has 0 aliphatic carbocycles. The van der Waals surface area contributed by atoms with Crippen LogP contribution in [-0.4, -0.2) is 7.11 Å². The van der Waals surface area contributed by atoms with E-state index < -0.39 is 0 Å². The average molecular weight is 243 g/mol. The molecule has 2 N–H and O–H groups in total. The SMILES string of the molecule is COc1ccc2c(c1)N[C]=C(c1cccs1)N2. The topological polar surface area (TPSA) is 33.3 Å². The van der Waals surface area contributed by atoms with E-state index in [2.05, 4.69) is 28.3 Å². The normalized spacial score (nSPS) is 13.1. The van der Waals surface area contributed by atoms with Gasteiger partial charge in [0.05, 0.1) is 35.3 Å². The van der Waals surface area contributed by atoms with Crippen LogP contribution in [0.4, 0.5) is 11.4 Å². The fraction of sp³-hybridized carbons (Fsp3) is 0.0769. The zero-order chi connectivity index (χ0) is 11.7. The zero-order valence-corrected chi connectivity index (χ0v) is 10.1. The number of hydrogen-bond acceptors (Lipinski definition) is 4. The molecule has 1 radical (unpaired) electrons. The first kappa shape index (κ1) is 10.2. The molecule has 0 bridgehead atoms. The Morgan fingerprint density at radius 1 is 1.24 bits per heavy atom. The van der Waals surface area contributed by atoms with Crippen LogP contribution in [0.5, 0.6) is 5.75 Å². The summed E-state index contributed by atoms with van der Waals surface area (Å²) in [6, 6.07) is 9.97. The molecule has 1 aliphatic heterocycles. The lowest BCUT2D eigenvalue weighted by atomic mass is 10.2. The van der Waals surface area contributed by atoms with Crippen LogP contribution in [0.15, 0.2) is 35.7 Å². The second kappa shape index (κ2) is 4.14. The Morgan fingerprint density at radius 3 is 2.94 bits per heavy atom. The van der Waals surface area contributed by atoms with Crippen molar-refractivity contribution in [3.63, 3.8) is 0 Å². The molecule has 0 fully saturated rings. The number of fused-ring (bicyclic) bond motifs is 1. The molecule has 3 nitrogen and oxygen atoms in total. The van der Waals surface area contributed by atoms with Crippen LogP contribution < -0.4 is 15.4 Å². The smallest absolute Gasteiger partial charge is 0.121 e. The maximum atomic E-state index is 5.18. The highest BCUT2D eigenvalue weighted by molar-refractivity contribution is 7.11. The number of thiophene rings is 1. The fourth-order valence-corrected chi connectivity index (χ4v) is 2.38. The van der Waals surface area contributed by atoms with Gasteiger partial charge in [-0.2, -0.15) is 0 Å². The second-order valence-corrected chi connectivity index (χ2v) is 4.59. The third-order valence-corrected chi connectivity index (χ3v) is 3.46. The molecule has 0 saturated carbocycles. The molecule has 3 rings (SSSR count). The minimum Gasteiger partial charge on any atom is -0.497 e. The number of hydrogen-bond donors (Lipinski definition) is 2. The summed E-state index contributed by atoms with van der Waals surface area (Å²) in [5.74, 6) is 0.833. The number of ether oxygens (including phenoxy) is 1. The van der Waals surface area contributed by atoms with Gasteiger partial charge in [0.25, 0.3) is 0 Å². The lowest BCUT2D eigenvalue weighted by molar-refractivity contribution is 0.415. The monoisotopic (exact) mass is 243 g/mol. The van der Waals surface area contributed by atoms with Crippen molar-refractivity contribution < 1.29 is 4.74 Å². The fourth-order valence-electron chi connectivity index (χ4n) is 1.70. The molecule has 1 aliphatic rings. The number of rotatable bonds is 2. The zero-order valence-electron chi connectivity index (χ0n) is 9.28. The maximum Gasteiger partial charge on any atom is 0.121 e. The summed E-state index contributed by atoms with van der Waals surface area (Å²) >= 11 is 1.69. The summed E-state index contributed by atoms with van der Waals surface area (Å²) in [6.07, 6.45) is 3.14. The van der Waals surface area contributed by atoms with Gasteiger partial charge in [-0.3, -0.25) is 0 Å². The molecule has 2 aromatic rings. The second-order valence-electron chi connectivity index (χ2n) is 3.64. The van der Waals surface area contributed by atoms with Crippen LogP contribution >= 0.6 is 11.3 Å². The van der Waals surface area contributed by atoms with Gasteiger partial charge < -0.3 is 15.4 Å². The largest absolute Gasteiger partial charge is 0.497 e. The molecule has 0 saturated heterocycles. The van der Waals surface area contributed by atoms with Crippen LogP contribution in [0.3, 0.4) is 0 Å². The molecule has 0 spiro atoms. The van der Waals surface area contributed by atoms with Crippen molar-refractivity contribution in [2.75, 3.05) is 17.7 Å². The van der Waals surface area contributed by atoms with Crippen molar-refractivity contribution in [3.05, 3.63) is 46.8 Å². The molecule has 0 atom stereocenters. The van der Waals surface area contributed by atoms with Crippen molar-refractivity contribution in [2.45, 2.75) is 0 Å². The highest BCUT2D eigenvalue weighted by atomic mass is 32.1. The molecule has 0 unspecified atom stereocenters. The number of benzene rings is 1. The molecule has 0 amide bonds. The van der Waals surface area contributed by atoms with Crippen LogP contribution in [0.1, 0.15) is 4.88 Å². The summed E-state index contributed by atoms with van der Waals surface area (Å²) in [5, 5.41) is 8.55. The summed E-state index contributed by atoms with van der Waals surface area (Å²) < 4.78 is 5.18. The molecule has 85 valence electrons. The first-order valence-electron chi connectivity index (χ1n) is 5.25. The van der Waals surface area contributed by atoms with E-state index in [1.54, 1.807) is 18.4 Å². The van der Waals surface area contributed by atoms with Gasteiger partial charge in [-0.15, -0.1) is 11.3 Å². The van der Waals surface area contributed by atoms with Crippen LogP contribution in [-0.2, 0) is 0 Å². The predicted molar refractivity (Wildman–Crippen MR) is 71.2 cm³/mol. The predicted octanol–water partition coefficient (Wildman–Crippen LogP) is 3.40. The highest BCUT2D eigenvalue weighted by Crippen LogP contribution is 2.33. The minimum absolute atomic E-state index is 0.833. The van der Waals surface area contributed by atoms with Crippen molar-refractivity contribution in [2.24, 2.45) is 0 Å². The van der Waals surface area contributed by atoms with Crippen molar-refractivity contribution >= 4 is 28.4 Å². The van der Waals surface area contributed by atoms with Crippen molar-refractivity contribution in [1.82, 2.24) is 0 Å². The van der Waals surface area contributed by atoms with Gasteiger partial charge in [-0.05, 0) is 23.6 Å². The Bertz CT molecular complexity index is 561. The molecular weight excluding hydrogens is 232 g/mol. The summed E-state index contributed by atoms with van der Waals surface area (Å²) in [5.41, 5.74) is 2.98. The number of anilines is 2. The van der Waals surface area contributed by atoms with Gasteiger partial charge in [0, 0.05) is 6.07 Å². The third-order valence-electron chi connectivity index (χ3n) is 2.58. The van der Waals surface area contributed by atoms with Gasteiger partial charge >= 0.3 is 0 Å². The first-order valence-corrected chi connectivity index (χ1v) is 6.13. The van der Waals surface area contributed by atoms with E-state index in [0.29, 0.717) is 0 Å². The summed E-state index contributed by atoms with van der Waals surface area (Å²) in [4.78, 5) is 1.17. The van der Waals surface area contributed by atoms with Crippen molar-refractivity contribution in [1.29, 1.82) is 0 Å². The van der Waals surface area contributed by atoms with Crippen LogP contribution in [0.25, 0.3) is 5.70 Å². The third kappa shape index (κ3) is 1.87. The Kier molecular flexibility index (Phi) is 2.49. The van der Waals surface area contributed by atoms with Gasteiger partial charge in [-0.25, -0.2) is 0 Å². The van der Waals surface area contributed by atoms with Gasteiger partial charge in [-0.1, -0.05) is 6.07 Å². The quantitative estimate of drug-likeness (QED) is 0.848. The number of methoxy groups -OCH3 is 1. The van der Waals surface area contributed by atoms with E-state index in [0.717, 1.165) is 22.8 Å².